The van der Waals surface area contributed by atoms with Crippen molar-refractivity contribution >= 4 is 27.5 Å². The molecule has 0 bridgehead atoms. The van der Waals surface area contributed by atoms with E-state index in [1.165, 1.54) is 0 Å². The highest BCUT2D eigenvalue weighted by atomic mass is 79.9. The van der Waals surface area contributed by atoms with Gasteiger partial charge in [-0.1, -0.05) is 29.3 Å². The van der Waals surface area contributed by atoms with Gasteiger partial charge >= 0.3 is 0 Å². The number of rotatable bonds is 4. The van der Waals surface area contributed by atoms with Crippen molar-refractivity contribution in [1.82, 2.24) is 0 Å². The normalized spacial score (nSPS) is 12.3. The fraction of sp³-hybridized carbons (Fsp3) is 0.462. The zero-order valence-electron chi connectivity index (χ0n) is 10.5. The molecule has 94 valence electrons. The van der Waals surface area contributed by atoms with Crippen LogP contribution in [-0.4, -0.2) is 11.9 Å². The van der Waals surface area contributed by atoms with E-state index in [0.717, 1.165) is 27.7 Å². The molecule has 0 saturated carbocycles. The molecule has 0 aliphatic carbocycles. The van der Waals surface area contributed by atoms with Crippen molar-refractivity contribution in [3.05, 3.63) is 27.7 Å². The predicted octanol–water partition coefficient (Wildman–Crippen LogP) is 3.13. The molecule has 0 aliphatic heterocycles. The Labute approximate surface area is 111 Å². The van der Waals surface area contributed by atoms with Crippen molar-refractivity contribution in [3.63, 3.8) is 0 Å². The Bertz CT molecular complexity index is 395. The van der Waals surface area contributed by atoms with Crippen LogP contribution >= 0.6 is 15.9 Å². The summed E-state index contributed by atoms with van der Waals surface area (Å²) in [5, 5.41) is 2.85. The fourth-order valence-electron chi connectivity index (χ4n) is 1.70. The lowest BCUT2D eigenvalue weighted by Gasteiger charge is -2.13. The number of nitrogens with one attached hydrogen (secondary N) is 1. The van der Waals surface area contributed by atoms with E-state index in [1.54, 1.807) is 0 Å². The van der Waals surface area contributed by atoms with Gasteiger partial charge in [-0.15, -0.1) is 0 Å². The van der Waals surface area contributed by atoms with Crippen LogP contribution in [0.25, 0.3) is 0 Å². The molecule has 1 atom stereocenters. The quantitative estimate of drug-likeness (QED) is 0.897. The molecule has 0 aromatic heterocycles. The highest BCUT2D eigenvalue weighted by molar-refractivity contribution is 9.10. The predicted molar refractivity (Wildman–Crippen MR) is 75.1 cm³/mol. The van der Waals surface area contributed by atoms with Gasteiger partial charge in [-0.25, -0.2) is 0 Å². The third-order valence-electron chi connectivity index (χ3n) is 2.64. The van der Waals surface area contributed by atoms with Gasteiger partial charge in [0.05, 0.1) is 6.04 Å². The number of aryl methyl sites for hydroxylation is 2. The van der Waals surface area contributed by atoms with E-state index >= 15 is 0 Å². The molecular formula is C13H19BrN2O. The van der Waals surface area contributed by atoms with E-state index in [-0.39, 0.29) is 5.91 Å². The fourth-order valence-corrected chi connectivity index (χ4v) is 1.92. The van der Waals surface area contributed by atoms with Gasteiger partial charge in [-0.3, -0.25) is 4.79 Å². The minimum Gasteiger partial charge on any atom is -0.325 e. The standard InChI is InChI=1S/C13H19BrN2O/c1-4-5-11(15)13(17)16-10-6-8(2)12(14)9(3)7-10/h6-7,11H,4-5,15H2,1-3H3,(H,16,17). The summed E-state index contributed by atoms with van der Waals surface area (Å²) in [7, 11) is 0. The lowest BCUT2D eigenvalue weighted by atomic mass is 10.1. The largest absolute Gasteiger partial charge is 0.325 e. The van der Waals surface area contributed by atoms with E-state index in [1.807, 2.05) is 32.9 Å². The zero-order chi connectivity index (χ0) is 13.0. The van der Waals surface area contributed by atoms with Crippen molar-refractivity contribution in [3.8, 4) is 0 Å². The minimum absolute atomic E-state index is 0.118. The highest BCUT2D eigenvalue weighted by Gasteiger charge is 2.13. The Hall–Kier alpha value is -0.870. The molecule has 1 aromatic carbocycles. The molecule has 17 heavy (non-hydrogen) atoms. The third kappa shape index (κ3) is 3.82. The summed E-state index contributed by atoms with van der Waals surface area (Å²) in [6.45, 7) is 6.01. The van der Waals surface area contributed by atoms with Crippen molar-refractivity contribution in [2.75, 3.05) is 5.32 Å². The van der Waals surface area contributed by atoms with Crippen LogP contribution in [0.1, 0.15) is 30.9 Å². The summed E-state index contributed by atoms with van der Waals surface area (Å²) in [4.78, 5) is 11.8. The molecule has 4 heteroatoms. The first-order valence-corrected chi connectivity index (χ1v) is 6.58. The van der Waals surface area contributed by atoms with Gasteiger partial charge in [0.25, 0.3) is 0 Å². The number of hydrogen-bond donors (Lipinski definition) is 2. The third-order valence-corrected chi connectivity index (χ3v) is 3.89. The Morgan fingerprint density at radius 3 is 2.41 bits per heavy atom. The van der Waals surface area contributed by atoms with E-state index in [9.17, 15) is 4.79 Å². The lowest BCUT2D eigenvalue weighted by Crippen LogP contribution is -2.35. The van der Waals surface area contributed by atoms with Crippen LogP contribution in [-0.2, 0) is 4.79 Å². The van der Waals surface area contributed by atoms with E-state index in [4.69, 9.17) is 5.73 Å². The minimum atomic E-state index is -0.427. The lowest BCUT2D eigenvalue weighted by molar-refractivity contribution is -0.117. The summed E-state index contributed by atoms with van der Waals surface area (Å²) < 4.78 is 1.08. The average Bonchev–Trinajstić information content (AvgIpc) is 2.26. The van der Waals surface area contributed by atoms with Crippen molar-refractivity contribution in [2.45, 2.75) is 39.7 Å². The van der Waals surface area contributed by atoms with Gasteiger partial charge in [-0.2, -0.15) is 0 Å². The number of hydrogen-bond acceptors (Lipinski definition) is 2. The average molecular weight is 299 g/mol. The smallest absolute Gasteiger partial charge is 0.241 e. The Balaban J connectivity index is 2.79. The van der Waals surface area contributed by atoms with Crippen LogP contribution in [0.4, 0.5) is 5.69 Å². The number of amides is 1. The number of benzene rings is 1. The summed E-state index contributed by atoms with van der Waals surface area (Å²) in [5.74, 6) is -0.118. The Morgan fingerprint density at radius 2 is 1.94 bits per heavy atom. The van der Waals surface area contributed by atoms with Gasteiger partial charge in [0.15, 0.2) is 0 Å². The molecule has 1 unspecified atom stereocenters. The number of carbonyl (C=O) groups excluding carboxylic acids is 1. The van der Waals surface area contributed by atoms with Gasteiger partial charge in [0.1, 0.15) is 0 Å². The summed E-state index contributed by atoms with van der Waals surface area (Å²) >= 11 is 3.50. The van der Waals surface area contributed by atoms with Gasteiger partial charge < -0.3 is 11.1 Å². The maximum absolute atomic E-state index is 11.8. The van der Waals surface area contributed by atoms with Gasteiger partial charge in [0.2, 0.25) is 5.91 Å². The molecule has 0 heterocycles. The van der Waals surface area contributed by atoms with Gasteiger partial charge in [-0.05, 0) is 43.5 Å². The van der Waals surface area contributed by atoms with Crippen LogP contribution in [0.3, 0.4) is 0 Å². The monoisotopic (exact) mass is 298 g/mol. The Morgan fingerprint density at radius 1 is 1.41 bits per heavy atom. The maximum Gasteiger partial charge on any atom is 0.241 e. The van der Waals surface area contributed by atoms with Crippen LogP contribution in [0.5, 0.6) is 0 Å². The SMILES string of the molecule is CCCC(N)C(=O)Nc1cc(C)c(Br)c(C)c1. The highest BCUT2D eigenvalue weighted by Crippen LogP contribution is 2.25. The topological polar surface area (TPSA) is 55.1 Å². The number of halogens is 1. The van der Waals surface area contributed by atoms with Crippen molar-refractivity contribution < 1.29 is 4.79 Å². The summed E-state index contributed by atoms with van der Waals surface area (Å²) in [6.07, 6.45) is 1.62. The second kappa shape index (κ2) is 6.17. The van der Waals surface area contributed by atoms with Crippen molar-refractivity contribution in [1.29, 1.82) is 0 Å². The van der Waals surface area contributed by atoms with Crippen LogP contribution in [0.2, 0.25) is 0 Å². The molecule has 1 rings (SSSR count). The van der Waals surface area contributed by atoms with Crippen molar-refractivity contribution in [2.24, 2.45) is 5.73 Å². The molecule has 1 aromatic rings. The van der Waals surface area contributed by atoms with E-state index in [2.05, 4.69) is 21.2 Å². The van der Waals surface area contributed by atoms with Crippen LogP contribution in [0, 0.1) is 13.8 Å². The summed E-state index contributed by atoms with van der Waals surface area (Å²) in [5.41, 5.74) is 8.77. The van der Waals surface area contributed by atoms with E-state index in [0.29, 0.717) is 6.42 Å². The maximum atomic E-state index is 11.8. The first kappa shape index (κ1) is 14.2. The number of nitrogens with two attached hydrogens (primary N) is 1. The second-order valence-corrected chi connectivity index (χ2v) is 5.10. The molecule has 3 N–H and O–H groups in total. The van der Waals surface area contributed by atoms with Crippen LogP contribution < -0.4 is 11.1 Å². The number of carbonyl (C=O) groups is 1. The van der Waals surface area contributed by atoms with Gasteiger partial charge in [0, 0.05) is 10.2 Å². The molecule has 0 aliphatic rings. The van der Waals surface area contributed by atoms with E-state index < -0.39 is 6.04 Å². The zero-order valence-corrected chi connectivity index (χ0v) is 12.1. The molecule has 1 amide bonds. The first-order chi connectivity index (χ1) is 7.95. The Kier molecular flexibility index (Phi) is 5.15. The summed E-state index contributed by atoms with van der Waals surface area (Å²) in [6, 6.07) is 3.45. The molecule has 0 saturated heterocycles. The van der Waals surface area contributed by atoms with Crippen LogP contribution in [0.15, 0.2) is 16.6 Å². The second-order valence-electron chi connectivity index (χ2n) is 4.31. The molecule has 0 spiro atoms. The molecule has 3 nitrogen and oxygen atoms in total. The molecule has 0 fully saturated rings. The number of anilines is 1. The molecular weight excluding hydrogens is 280 g/mol. The molecule has 0 radical (unpaired) electrons. The first-order valence-electron chi connectivity index (χ1n) is 5.79.